The zero-order valence-electron chi connectivity index (χ0n) is 9.91. The molecule has 0 amide bonds. The molecule has 0 N–H and O–H groups in total. The number of ether oxygens (including phenoxy) is 1. The summed E-state index contributed by atoms with van der Waals surface area (Å²) < 4.78 is 4.57. The van der Waals surface area contributed by atoms with Gasteiger partial charge in [0.15, 0.2) is 0 Å². The van der Waals surface area contributed by atoms with Crippen molar-refractivity contribution in [1.29, 1.82) is 0 Å². The molecule has 1 rings (SSSR count). The molecule has 0 radical (unpaired) electrons. The van der Waals surface area contributed by atoms with Crippen LogP contribution in [0.15, 0.2) is 12.2 Å². The van der Waals surface area contributed by atoms with Gasteiger partial charge < -0.3 is 4.74 Å². The van der Waals surface area contributed by atoms with Gasteiger partial charge in [-0.2, -0.15) is 0 Å². The predicted octanol–water partition coefficient (Wildman–Crippen LogP) is 2.99. The molecule has 0 aromatic carbocycles. The third kappa shape index (κ3) is 4.60. The first-order chi connectivity index (χ1) is 7.74. The van der Waals surface area contributed by atoms with Gasteiger partial charge in [0.25, 0.3) is 0 Å². The molecule has 0 aromatic heterocycles. The van der Waals surface area contributed by atoms with Gasteiger partial charge in [-0.3, -0.25) is 9.59 Å². The molecule has 3 heteroatoms. The number of hydrogen-bond donors (Lipinski definition) is 0. The molecule has 1 aliphatic rings. The summed E-state index contributed by atoms with van der Waals surface area (Å²) in [5, 5.41) is 0. The lowest BCUT2D eigenvalue weighted by Gasteiger charge is -2.15. The third-order valence-electron chi connectivity index (χ3n) is 2.77. The van der Waals surface area contributed by atoms with Crippen LogP contribution < -0.4 is 0 Å². The minimum Gasteiger partial charge on any atom is -0.393 e. The van der Waals surface area contributed by atoms with Crippen molar-refractivity contribution < 1.29 is 14.3 Å². The van der Waals surface area contributed by atoms with Gasteiger partial charge in [-0.25, -0.2) is 0 Å². The quantitative estimate of drug-likeness (QED) is 0.301. The topological polar surface area (TPSA) is 43.4 Å². The molecule has 0 spiro atoms. The largest absolute Gasteiger partial charge is 0.393 e. The summed E-state index contributed by atoms with van der Waals surface area (Å²) in [5.74, 6) is -0.984. The molecule has 1 unspecified atom stereocenters. The van der Waals surface area contributed by atoms with Crippen LogP contribution in [0.25, 0.3) is 0 Å². The Hall–Kier alpha value is -1.12. The van der Waals surface area contributed by atoms with Gasteiger partial charge in [0.1, 0.15) is 0 Å². The normalized spacial score (nSPS) is 21.4. The van der Waals surface area contributed by atoms with Gasteiger partial charge in [-0.05, 0) is 19.3 Å². The summed E-state index contributed by atoms with van der Waals surface area (Å²) in [4.78, 5) is 22.1. The first kappa shape index (κ1) is 12.9. The van der Waals surface area contributed by atoms with Crippen LogP contribution in [-0.4, -0.2) is 11.9 Å². The monoisotopic (exact) mass is 224 g/mol. The van der Waals surface area contributed by atoms with E-state index in [2.05, 4.69) is 11.7 Å². The number of cyclic esters (lactones) is 2. The first-order valence-corrected chi connectivity index (χ1v) is 6.15. The lowest BCUT2D eigenvalue weighted by molar-refractivity contribution is -0.165. The molecule has 1 heterocycles. The Labute approximate surface area is 96.9 Å². The Morgan fingerprint density at radius 1 is 1.31 bits per heavy atom. The molecule has 0 bridgehead atoms. The molecule has 16 heavy (non-hydrogen) atoms. The lowest BCUT2D eigenvalue weighted by atomic mass is 10.00. The molecular weight excluding hydrogens is 204 g/mol. The van der Waals surface area contributed by atoms with Crippen LogP contribution in [0.5, 0.6) is 0 Å². The van der Waals surface area contributed by atoms with Crippen molar-refractivity contribution in [2.75, 3.05) is 0 Å². The SMILES string of the molecule is CCCCCC/C=C\C1CCC(=O)OC1=O. The van der Waals surface area contributed by atoms with Crippen molar-refractivity contribution in [3.8, 4) is 0 Å². The predicted molar refractivity (Wildman–Crippen MR) is 61.7 cm³/mol. The zero-order valence-corrected chi connectivity index (χ0v) is 9.91. The van der Waals surface area contributed by atoms with E-state index in [0.29, 0.717) is 12.8 Å². The van der Waals surface area contributed by atoms with E-state index < -0.39 is 5.97 Å². The summed E-state index contributed by atoms with van der Waals surface area (Å²) in [6.07, 6.45) is 10.8. The number of unbranched alkanes of at least 4 members (excludes halogenated alkanes) is 4. The molecule has 90 valence electrons. The van der Waals surface area contributed by atoms with Crippen molar-refractivity contribution in [2.24, 2.45) is 5.92 Å². The fraction of sp³-hybridized carbons (Fsp3) is 0.692. The molecule has 0 aromatic rings. The van der Waals surface area contributed by atoms with E-state index in [1.54, 1.807) is 0 Å². The van der Waals surface area contributed by atoms with Crippen molar-refractivity contribution in [3.05, 3.63) is 12.2 Å². The molecule has 1 saturated heterocycles. The molecule has 1 fully saturated rings. The highest BCUT2D eigenvalue weighted by molar-refractivity contribution is 5.90. The Kier molecular flexibility index (Phi) is 5.83. The zero-order chi connectivity index (χ0) is 11.8. The molecule has 1 atom stereocenters. The lowest BCUT2D eigenvalue weighted by Crippen LogP contribution is -2.26. The smallest absolute Gasteiger partial charge is 0.320 e. The fourth-order valence-electron chi connectivity index (χ4n) is 1.75. The second-order valence-corrected chi connectivity index (χ2v) is 4.22. The molecule has 1 aliphatic heterocycles. The molecular formula is C13H20O3. The average Bonchev–Trinajstić information content (AvgIpc) is 2.26. The minimum atomic E-state index is -0.391. The van der Waals surface area contributed by atoms with Crippen LogP contribution in [0.1, 0.15) is 51.9 Å². The van der Waals surface area contributed by atoms with Crippen molar-refractivity contribution in [1.82, 2.24) is 0 Å². The minimum absolute atomic E-state index is 0.205. The van der Waals surface area contributed by atoms with E-state index in [4.69, 9.17) is 0 Å². The van der Waals surface area contributed by atoms with E-state index in [9.17, 15) is 9.59 Å². The van der Waals surface area contributed by atoms with Crippen LogP contribution in [0, 0.1) is 5.92 Å². The van der Waals surface area contributed by atoms with Crippen LogP contribution in [0.3, 0.4) is 0 Å². The summed E-state index contributed by atoms with van der Waals surface area (Å²) in [5.41, 5.74) is 0. The van der Waals surface area contributed by atoms with Gasteiger partial charge in [0.2, 0.25) is 0 Å². The highest BCUT2D eigenvalue weighted by Crippen LogP contribution is 2.18. The molecule has 3 nitrogen and oxygen atoms in total. The van der Waals surface area contributed by atoms with Crippen molar-refractivity contribution in [3.63, 3.8) is 0 Å². The van der Waals surface area contributed by atoms with Gasteiger partial charge in [0.05, 0.1) is 5.92 Å². The van der Waals surface area contributed by atoms with E-state index in [1.165, 1.54) is 25.7 Å². The Balaban J connectivity index is 2.18. The van der Waals surface area contributed by atoms with Crippen LogP contribution in [-0.2, 0) is 14.3 Å². The summed E-state index contributed by atoms with van der Waals surface area (Å²) in [6.45, 7) is 2.19. The van der Waals surface area contributed by atoms with E-state index in [1.807, 2.05) is 12.2 Å². The molecule has 0 saturated carbocycles. The Morgan fingerprint density at radius 3 is 2.81 bits per heavy atom. The van der Waals surface area contributed by atoms with Gasteiger partial charge in [-0.1, -0.05) is 38.3 Å². The number of carbonyl (C=O) groups excluding carboxylic acids is 2. The summed E-state index contributed by atoms with van der Waals surface area (Å²) in [7, 11) is 0. The first-order valence-electron chi connectivity index (χ1n) is 6.15. The van der Waals surface area contributed by atoms with Gasteiger partial charge >= 0.3 is 11.9 Å². The Morgan fingerprint density at radius 2 is 2.12 bits per heavy atom. The van der Waals surface area contributed by atoms with E-state index in [0.717, 1.165) is 6.42 Å². The maximum Gasteiger partial charge on any atom is 0.320 e. The second kappa shape index (κ2) is 7.20. The van der Waals surface area contributed by atoms with Crippen molar-refractivity contribution >= 4 is 11.9 Å². The summed E-state index contributed by atoms with van der Waals surface area (Å²) in [6, 6.07) is 0. The highest BCUT2D eigenvalue weighted by Gasteiger charge is 2.26. The number of rotatable bonds is 6. The standard InChI is InChI=1S/C13H20O3/c1-2-3-4-5-6-7-8-11-9-10-12(14)16-13(11)15/h7-8,11H,2-6,9-10H2,1H3/b8-7-. The van der Waals surface area contributed by atoms with E-state index in [-0.39, 0.29) is 11.9 Å². The third-order valence-corrected chi connectivity index (χ3v) is 2.77. The highest BCUT2D eigenvalue weighted by atomic mass is 16.6. The average molecular weight is 224 g/mol. The maximum absolute atomic E-state index is 11.3. The number of carbonyl (C=O) groups is 2. The maximum atomic E-state index is 11.3. The van der Waals surface area contributed by atoms with Crippen LogP contribution >= 0.6 is 0 Å². The second-order valence-electron chi connectivity index (χ2n) is 4.22. The fourth-order valence-corrected chi connectivity index (χ4v) is 1.75. The van der Waals surface area contributed by atoms with Crippen LogP contribution in [0.4, 0.5) is 0 Å². The summed E-state index contributed by atoms with van der Waals surface area (Å²) >= 11 is 0. The van der Waals surface area contributed by atoms with Gasteiger partial charge in [0, 0.05) is 6.42 Å². The number of hydrogen-bond acceptors (Lipinski definition) is 3. The van der Waals surface area contributed by atoms with E-state index >= 15 is 0 Å². The number of allylic oxidation sites excluding steroid dienone is 1. The number of esters is 2. The Bertz CT molecular complexity index is 268. The van der Waals surface area contributed by atoms with Crippen molar-refractivity contribution in [2.45, 2.75) is 51.9 Å². The van der Waals surface area contributed by atoms with Crippen LogP contribution in [0.2, 0.25) is 0 Å². The van der Waals surface area contributed by atoms with Gasteiger partial charge in [-0.15, -0.1) is 0 Å². The molecule has 0 aliphatic carbocycles.